The fourth-order valence-corrected chi connectivity index (χ4v) is 3.23. The van der Waals surface area contributed by atoms with Crippen LogP contribution in [0.5, 0.6) is 0 Å². The highest BCUT2D eigenvalue weighted by Gasteiger charge is 2.34. The minimum Gasteiger partial charge on any atom is -0.391 e. The maximum absolute atomic E-state index is 12.5. The van der Waals surface area contributed by atoms with Crippen molar-refractivity contribution in [3.63, 3.8) is 0 Å². The summed E-state index contributed by atoms with van der Waals surface area (Å²) in [4.78, 5) is 25.7. The van der Waals surface area contributed by atoms with Gasteiger partial charge in [-0.1, -0.05) is 42.5 Å². The van der Waals surface area contributed by atoms with Crippen molar-refractivity contribution in [1.82, 2.24) is 10.2 Å². The zero-order chi connectivity index (χ0) is 17.1. The minimum absolute atomic E-state index is 0.0104. The van der Waals surface area contributed by atoms with Crippen LogP contribution in [0.3, 0.4) is 0 Å². The first kappa shape index (κ1) is 16.5. The number of likely N-dealkylation sites (tertiary alicyclic amines) is 1. The van der Waals surface area contributed by atoms with Gasteiger partial charge in [0.25, 0.3) is 0 Å². The summed E-state index contributed by atoms with van der Waals surface area (Å²) in [6.07, 6.45) is -0.0790. The topological polar surface area (TPSA) is 69.6 Å². The zero-order valence-electron chi connectivity index (χ0n) is 13.7. The Morgan fingerprint density at radius 2 is 1.92 bits per heavy atom. The molecule has 5 heteroatoms. The van der Waals surface area contributed by atoms with Gasteiger partial charge in [-0.05, 0) is 16.3 Å². The van der Waals surface area contributed by atoms with Gasteiger partial charge in [-0.3, -0.25) is 9.59 Å². The Hall–Kier alpha value is -2.40. The van der Waals surface area contributed by atoms with E-state index in [1.807, 2.05) is 42.5 Å². The quantitative estimate of drug-likeness (QED) is 0.891. The van der Waals surface area contributed by atoms with E-state index >= 15 is 0 Å². The van der Waals surface area contributed by atoms with E-state index in [-0.39, 0.29) is 24.2 Å². The smallest absolute Gasteiger partial charge is 0.227 e. The second kappa shape index (κ2) is 7.01. The number of carbonyl (C=O) groups is 2. The molecule has 1 saturated heterocycles. The van der Waals surface area contributed by atoms with Gasteiger partial charge in [-0.25, -0.2) is 0 Å². The molecule has 1 fully saturated rings. The largest absolute Gasteiger partial charge is 0.391 e. The number of benzene rings is 2. The lowest BCUT2D eigenvalue weighted by Gasteiger charge is -2.16. The predicted octanol–water partition coefficient (Wildman–Crippen LogP) is 1.34. The molecular formula is C19H22N2O3. The lowest BCUT2D eigenvalue weighted by Crippen LogP contribution is -2.31. The second-order valence-electron chi connectivity index (χ2n) is 6.36. The molecule has 0 unspecified atom stereocenters. The van der Waals surface area contributed by atoms with Gasteiger partial charge in [0.1, 0.15) is 0 Å². The predicted molar refractivity (Wildman–Crippen MR) is 92.4 cm³/mol. The van der Waals surface area contributed by atoms with Crippen LogP contribution in [-0.2, 0) is 16.0 Å². The SMILES string of the molecule is CNC(=O)C[C@@H]1CN(C(=O)Cc2ccc3ccccc3c2)C[C@@H]1O. The highest BCUT2D eigenvalue weighted by molar-refractivity contribution is 5.85. The number of β-amino-alcohol motifs (C(OH)–C–C–N with tert-alkyl or cyclic N) is 1. The Balaban J connectivity index is 1.65. The second-order valence-corrected chi connectivity index (χ2v) is 6.36. The van der Waals surface area contributed by atoms with Crippen molar-refractivity contribution in [2.45, 2.75) is 18.9 Å². The number of carbonyl (C=O) groups excluding carboxylic acids is 2. The molecule has 0 aliphatic carbocycles. The molecular weight excluding hydrogens is 304 g/mol. The van der Waals surface area contributed by atoms with E-state index < -0.39 is 6.10 Å². The number of nitrogens with zero attached hydrogens (tertiary/aromatic N) is 1. The average molecular weight is 326 g/mol. The first-order valence-corrected chi connectivity index (χ1v) is 8.21. The third kappa shape index (κ3) is 3.57. The number of aliphatic hydroxyl groups is 1. The Morgan fingerprint density at radius 1 is 1.17 bits per heavy atom. The first-order valence-electron chi connectivity index (χ1n) is 8.21. The average Bonchev–Trinajstić information content (AvgIpc) is 2.95. The van der Waals surface area contributed by atoms with Gasteiger partial charge >= 0.3 is 0 Å². The standard InChI is InChI=1S/C19H22N2O3/c1-20-18(23)10-16-11-21(12-17(16)22)19(24)9-13-6-7-14-4-2-3-5-15(14)8-13/h2-8,16-17,22H,9-12H2,1H3,(H,20,23)/t16-,17+/m1/s1. The molecule has 1 aliphatic heterocycles. The number of fused-ring (bicyclic) bond motifs is 1. The van der Waals surface area contributed by atoms with E-state index in [0.717, 1.165) is 16.3 Å². The summed E-state index contributed by atoms with van der Waals surface area (Å²) in [5.41, 5.74) is 0.961. The van der Waals surface area contributed by atoms with Crippen LogP contribution >= 0.6 is 0 Å². The molecule has 0 spiro atoms. The van der Waals surface area contributed by atoms with Crippen LogP contribution in [0, 0.1) is 5.92 Å². The van der Waals surface area contributed by atoms with Crippen LogP contribution < -0.4 is 5.32 Å². The lowest BCUT2D eigenvalue weighted by molar-refractivity contribution is -0.130. The number of rotatable bonds is 4. The van der Waals surface area contributed by atoms with Gasteiger partial charge in [0, 0.05) is 32.5 Å². The molecule has 3 rings (SSSR count). The summed E-state index contributed by atoms with van der Waals surface area (Å²) >= 11 is 0. The number of hydrogen-bond donors (Lipinski definition) is 2. The van der Waals surface area contributed by atoms with Gasteiger partial charge in [0.2, 0.25) is 11.8 Å². The summed E-state index contributed by atoms with van der Waals surface area (Å²) < 4.78 is 0. The normalized spacial score (nSPS) is 20.3. The highest BCUT2D eigenvalue weighted by Crippen LogP contribution is 2.22. The Morgan fingerprint density at radius 3 is 2.67 bits per heavy atom. The van der Waals surface area contributed by atoms with E-state index in [0.29, 0.717) is 19.5 Å². The van der Waals surface area contributed by atoms with Crippen LogP contribution in [0.2, 0.25) is 0 Å². The molecule has 5 nitrogen and oxygen atoms in total. The summed E-state index contributed by atoms with van der Waals surface area (Å²) in [5.74, 6) is -0.308. The van der Waals surface area contributed by atoms with Gasteiger partial charge in [0.05, 0.1) is 12.5 Å². The van der Waals surface area contributed by atoms with Crippen LogP contribution in [0.15, 0.2) is 42.5 Å². The summed E-state index contributed by atoms with van der Waals surface area (Å²) in [7, 11) is 1.58. The third-order valence-electron chi connectivity index (χ3n) is 4.65. The van der Waals surface area contributed by atoms with E-state index in [1.54, 1.807) is 11.9 Å². The third-order valence-corrected chi connectivity index (χ3v) is 4.65. The number of aliphatic hydroxyl groups excluding tert-OH is 1. The molecule has 0 bridgehead atoms. The van der Waals surface area contributed by atoms with Gasteiger partial charge in [0.15, 0.2) is 0 Å². The van der Waals surface area contributed by atoms with Crippen molar-refractivity contribution in [2.75, 3.05) is 20.1 Å². The number of amides is 2. The maximum atomic E-state index is 12.5. The van der Waals surface area contributed by atoms with Gasteiger partial charge in [-0.2, -0.15) is 0 Å². The van der Waals surface area contributed by atoms with Crippen molar-refractivity contribution < 1.29 is 14.7 Å². The van der Waals surface area contributed by atoms with Crippen LogP contribution in [-0.4, -0.2) is 48.1 Å². The fraction of sp³-hybridized carbons (Fsp3) is 0.368. The van der Waals surface area contributed by atoms with Crippen LogP contribution in [0.25, 0.3) is 10.8 Å². The van der Waals surface area contributed by atoms with Crippen molar-refractivity contribution in [3.8, 4) is 0 Å². The zero-order valence-corrected chi connectivity index (χ0v) is 13.7. The first-order chi connectivity index (χ1) is 11.6. The molecule has 1 aliphatic rings. The number of nitrogens with one attached hydrogen (secondary N) is 1. The monoisotopic (exact) mass is 326 g/mol. The Bertz CT molecular complexity index is 759. The molecule has 24 heavy (non-hydrogen) atoms. The molecule has 2 atom stereocenters. The molecule has 1 heterocycles. The number of hydrogen-bond acceptors (Lipinski definition) is 3. The van der Waals surface area contributed by atoms with E-state index in [9.17, 15) is 14.7 Å². The Labute approximate surface area is 141 Å². The molecule has 126 valence electrons. The van der Waals surface area contributed by atoms with Gasteiger partial charge in [-0.15, -0.1) is 0 Å². The van der Waals surface area contributed by atoms with Crippen molar-refractivity contribution in [2.24, 2.45) is 5.92 Å². The van der Waals surface area contributed by atoms with Crippen molar-refractivity contribution in [1.29, 1.82) is 0 Å². The maximum Gasteiger partial charge on any atom is 0.227 e. The molecule has 2 N–H and O–H groups in total. The van der Waals surface area contributed by atoms with E-state index in [1.165, 1.54) is 0 Å². The molecule has 0 saturated carbocycles. The van der Waals surface area contributed by atoms with Gasteiger partial charge < -0.3 is 15.3 Å². The summed E-state index contributed by atoms with van der Waals surface area (Å²) in [5, 5.41) is 14.9. The highest BCUT2D eigenvalue weighted by atomic mass is 16.3. The van der Waals surface area contributed by atoms with E-state index in [4.69, 9.17) is 0 Å². The van der Waals surface area contributed by atoms with Crippen molar-refractivity contribution in [3.05, 3.63) is 48.0 Å². The summed E-state index contributed by atoms with van der Waals surface area (Å²) in [6.45, 7) is 0.731. The fourth-order valence-electron chi connectivity index (χ4n) is 3.23. The lowest BCUT2D eigenvalue weighted by atomic mass is 10.0. The van der Waals surface area contributed by atoms with Crippen LogP contribution in [0.1, 0.15) is 12.0 Å². The molecule has 2 amide bonds. The molecule has 2 aromatic rings. The summed E-state index contributed by atoms with van der Waals surface area (Å²) in [6, 6.07) is 14.1. The molecule has 0 radical (unpaired) electrons. The van der Waals surface area contributed by atoms with Crippen LogP contribution in [0.4, 0.5) is 0 Å². The minimum atomic E-state index is -0.636. The van der Waals surface area contributed by atoms with Crippen molar-refractivity contribution >= 4 is 22.6 Å². The Kier molecular flexibility index (Phi) is 4.81. The molecule has 0 aromatic heterocycles. The molecule has 2 aromatic carbocycles. The van der Waals surface area contributed by atoms with E-state index in [2.05, 4.69) is 5.32 Å².